The molecule has 0 aliphatic rings. The third-order valence-electron chi connectivity index (χ3n) is 4.13. The number of carbonyl (C=O) groups excluding carboxylic acids is 1. The molecule has 0 aliphatic carbocycles. The molecule has 0 aromatic rings. The molecule has 0 bridgehead atoms. The highest BCUT2D eigenvalue weighted by Gasteiger charge is 2.27. The Labute approximate surface area is 163 Å². The number of aldehydes is 1. The molecule has 0 saturated heterocycles. The van der Waals surface area contributed by atoms with E-state index in [4.69, 9.17) is 0 Å². The summed E-state index contributed by atoms with van der Waals surface area (Å²) >= 11 is 0. The molecule has 1 N–H and O–H groups in total. The lowest BCUT2D eigenvalue weighted by atomic mass is 10.0. The third kappa shape index (κ3) is 15.9. The summed E-state index contributed by atoms with van der Waals surface area (Å²) in [5.74, 6) is 0. The number of aliphatic hydroxyl groups excluding tert-OH is 1. The molecule has 0 rings (SSSR count). The topological polar surface area (TPSA) is 80.4 Å². The van der Waals surface area contributed by atoms with E-state index in [0.717, 1.165) is 44.8 Å². The Morgan fingerprint density at radius 3 is 1.96 bits per heavy atom. The largest absolute Gasteiger partial charge is 0.386 e. The van der Waals surface area contributed by atoms with Crippen LogP contribution in [-0.4, -0.2) is 28.5 Å². The summed E-state index contributed by atoms with van der Waals surface area (Å²) in [6.07, 6.45) is 23.3. The number of rotatable bonds is 17. The van der Waals surface area contributed by atoms with Crippen molar-refractivity contribution in [1.29, 1.82) is 0 Å². The molecule has 0 heterocycles. The maximum absolute atomic E-state index is 11.1. The van der Waals surface area contributed by atoms with Gasteiger partial charge in [-0.15, -0.1) is 0 Å². The Morgan fingerprint density at radius 1 is 0.889 bits per heavy atom. The van der Waals surface area contributed by atoms with Crippen LogP contribution in [0.2, 0.25) is 0 Å². The van der Waals surface area contributed by atoms with Gasteiger partial charge in [0, 0.05) is 17.8 Å². The summed E-state index contributed by atoms with van der Waals surface area (Å²) in [5.41, 5.74) is 0. The molecule has 0 aliphatic heterocycles. The standard InChI is InChI=1S/C22H35NO4/c1-2-3-4-5-6-7-8-9-10-11-12-16-19-22(25)21(23(26)27)18-15-13-14-17-20-24/h3-4,6-7,9-10,12,16,20-22,25H,2,5,8,11,13-15,17-19H2,1H3/b4-3-,7-6-,10-9-,16-12-. The van der Waals surface area contributed by atoms with Crippen LogP contribution in [-0.2, 0) is 4.79 Å². The van der Waals surface area contributed by atoms with E-state index in [0.29, 0.717) is 19.3 Å². The molecule has 2 atom stereocenters. The second-order valence-corrected chi connectivity index (χ2v) is 6.46. The Bertz CT molecular complexity index is 495. The molecule has 5 nitrogen and oxygen atoms in total. The Morgan fingerprint density at radius 2 is 1.44 bits per heavy atom. The molecule has 5 heteroatoms. The van der Waals surface area contributed by atoms with Crippen molar-refractivity contribution in [3.05, 3.63) is 58.7 Å². The van der Waals surface area contributed by atoms with Gasteiger partial charge in [-0.05, 0) is 44.9 Å². The maximum atomic E-state index is 11.1. The highest BCUT2D eigenvalue weighted by molar-refractivity contribution is 5.48. The van der Waals surface area contributed by atoms with Gasteiger partial charge in [0.1, 0.15) is 12.4 Å². The number of nitrogens with zero attached hydrogens (tertiary/aromatic N) is 1. The number of nitro groups is 1. The van der Waals surface area contributed by atoms with E-state index in [9.17, 15) is 20.0 Å². The summed E-state index contributed by atoms with van der Waals surface area (Å²) in [5, 5.41) is 21.2. The van der Waals surface area contributed by atoms with Crippen LogP contribution in [0, 0.1) is 10.1 Å². The summed E-state index contributed by atoms with van der Waals surface area (Å²) in [7, 11) is 0. The molecule has 0 radical (unpaired) electrons. The molecule has 2 unspecified atom stereocenters. The molecule has 0 spiro atoms. The number of carbonyl (C=O) groups is 1. The second-order valence-electron chi connectivity index (χ2n) is 6.46. The van der Waals surface area contributed by atoms with Crippen molar-refractivity contribution >= 4 is 6.29 Å². The van der Waals surface area contributed by atoms with Crippen LogP contribution in [0.5, 0.6) is 0 Å². The van der Waals surface area contributed by atoms with E-state index in [-0.39, 0.29) is 11.3 Å². The van der Waals surface area contributed by atoms with E-state index < -0.39 is 12.1 Å². The van der Waals surface area contributed by atoms with Crippen molar-refractivity contribution in [2.45, 2.75) is 83.3 Å². The van der Waals surface area contributed by atoms with Crippen molar-refractivity contribution in [2.75, 3.05) is 0 Å². The van der Waals surface area contributed by atoms with Gasteiger partial charge in [-0.1, -0.05) is 62.0 Å². The monoisotopic (exact) mass is 377 g/mol. The van der Waals surface area contributed by atoms with Crippen molar-refractivity contribution in [2.24, 2.45) is 0 Å². The highest BCUT2D eigenvalue weighted by Crippen LogP contribution is 2.13. The van der Waals surface area contributed by atoms with Crippen LogP contribution in [0.4, 0.5) is 0 Å². The zero-order chi connectivity index (χ0) is 20.2. The number of allylic oxidation sites excluding steroid dienone is 7. The molecular weight excluding hydrogens is 342 g/mol. The second kappa shape index (κ2) is 18.8. The number of aliphatic hydroxyl groups is 1. The van der Waals surface area contributed by atoms with Gasteiger partial charge in [0.2, 0.25) is 6.04 Å². The quantitative estimate of drug-likeness (QED) is 0.122. The van der Waals surface area contributed by atoms with Crippen LogP contribution < -0.4 is 0 Å². The van der Waals surface area contributed by atoms with Gasteiger partial charge in [0.15, 0.2) is 0 Å². The Balaban J connectivity index is 3.98. The summed E-state index contributed by atoms with van der Waals surface area (Å²) in [4.78, 5) is 21.0. The molecule has 0 saturated carbocycles. The fourth-order valence-corrected chi connectivity index (χ4v) is 2.57. The lowest BCUT2D eigenvalue weighted by molar-refractivity contribution is -0.535. The number of hydrogen-bond acceptors (Lipinski definition) is 4. The molecule has 0 fully saturated rings. The molecule has 0 aromatic heterocycles. The van der Waals surface area contributed by atoms with E-state index in [1.54, 1.807) is 0 Å². The predicted molar refractivity (Wildman–Crippen MR) is 111 cm³/mol. The first-order valence-corrected chi connectivity index (χ1v) is 9.98. The minimum absolute atomic E-state index is 0.289. The predicted octanol–water partition coefficient (Wildman–Crippen LogP) is 5.34. The highest BCUT2D eigenvalue weighted by atomic mass is 16.6. The minimum atomic E-state index is -0.967. The van der Waals surface area contributed by atoms with Gasteiger partial charge in [-0.25, -0.2) is 0 Å². The molecule has 27 heavy (non-hydrogen) atoms. The van der Waals surface area contributed by atoms with Gasteiger partial charge < -0.3 is 9.90 Å². The lowest BCUT2D eigenvalue weighted by Gasteiger charge is -2.14. The SMILES string of the molecule is CC/C=C\C/C=C\C/C=C\C/C=C\CC(O)C(CCCCCC=O)[N+](=O)[O-]. The molecule has 0 aromatic carbocycles. The van der Waals surface area contributed by atoms with Crippen molar-refractivity contribution in [3.63, 3.8) is 0 Å². The van der Waals surface area contributed by atoms with E-state index in [2.05, 4.69) is 37.3 Å². The normalized spacial score (nSPS) is 14.6. The van der Waals surface area contributed by atoms with Crippen molar-refractivity contribution in [1.82, 2.24) is 0 Å². The van der Waals surface area contributed by atoms with Crippen LogP contribution in [0.25, 0.3) is 0 Å². The first-order chi connectivity index (χ1) is 13.1. The van der Waals surface area contributed by atoms with Crippen molar-refractivity contribution < 1.29 is 14.8 Å². The summed E-state index contributed by atoms with van der Waals surface area (Å²) in [6, 6.07) is -0.937. The molecule has 152 valence electrons. The number of hydrogen-bond donors (Lipinski definition) is 1. The third-order valence-corrected chi connectivity index (χ3v) is 4.13. The van der Waals surface area contributed by atoms with Crippen molar-refractivity contribution in [3.8, 4) is 0 Å². The lowest BCUT2D eigenvalue weighted by Crippen LogP contribution is -2.33. The van der Waals surface area contributed by atoms with Gasteiger partial charge in [0.25, 0.3) is 0 Å². The van der Waals surface area contributed by atoms with E-state index in [1.807, 2.05) is 18.2 Å². The van der Waals surface area contributed by atoms with Crippen LogP contribution >= 0.6 is 0 Å². The van der Waals surface area contributed by atoms with Crippen LogP contribution in [0.1, 0.15) is 71.1 Å². The molecular formula is C22H35NO4. The van der Waals surface area contributed by atoms with Gasteiger partial charge in [-0.3, -0.25) is 10.1 Å². The minimum Gasteiger partial charge on any atom is -0.386 e. The van der Waals surface area contributed by atoms with Crippen LogP contribution in [0.15, 0.2) is 48.6 Å². The van der Waals surface area contributed by atoms with Gasteiger partial charge in [-0.2, -0.15) is 0 Å². The van der Waals surface area contributed by atoms with E-state index in [1.165, 1.54) is 0 Å². The number of unbranched alkanes of at least 4 members (excludes halogenated alkanes) is 3. The van der Waals surface area contributed by atoms with Gasteiger partial charge in [0.05, 0.1) is 0 Å². The maximum Gasteiger partial charge on any atom is 0.238 e. The smallest absolute Gasteiger partial charge is 0.238 e. The average Bonchev–Trinajstić information content (AvgIpc) is 2.65. The average molecular weight is 378 g/mol. The summed E-state index contributed by atoms with van der Waals surface area (Å²) < 4.78 is 0. The first kappa shape index (κ1) is 25.0. The van der Waals surface area contributed by atoms with E-state index >= 15 is 0 Å². The van der Waals surface area contributed by atoms with Crippen LogP contribution in [0.3, 0.4) is 0 Å². The fourth-order valence-electron chi connectivity index (χ4n) is 2.57. The molecule has 0 amide bonds. The zero-order valence-electron chi connectivity index (χ0n) is 16.5. The Kier molecular flexibility index (Phi) is 17.4. The first-order valence-electron chi connectivity index (χ1n) is 9.98. The zero-order valence-corrected chi connectivity index (χ0v) is 16.5. The summed E-state index contributed by atoms with van der Waals surface area (Å²) in [6.45, 7) is 2.12. The van der Waals surface area contributed by atoms with Gasteiger partial charge >= 0.3 is 0 Å². The Hall–Kier alpha value is -2.01. The fraction of sp³-hybridized carbons (Fsp3) is 0.591.